The van der Waals surface area contributed by atoms with E-state index in [0.29, 0.717) is 13.1 Å². The van der Waals surface area contributed by atoms with Gasteiger partial charge in [0.25, 0.3) is 0 Å². The van der Waals surface area contributed by atoms with E-state index in [0.717, 1.165) is 43.6 Å². The first-order chi connectivity index (χ1) is 12.7. The van der Waals surface area contributed by atoms with Gasteiger partial charge in [0.2, 0.25) is 5.91 Å². The third-order valence-corrected chi connectivity index (χ3v) is 5.50. The molecule has 0 bridgehead atoms. The average Bonchev–Trinajstić information content (AvgIpc) is 2.70. The molecular weight excluding hydrogens is 322 g/mol. The second-order valence-corrected chi connectivity index (χ2v) is 7.23. The summed E-state index contributed by atoms with van der Waals surface area (Å²) in [6.45, 7) is 4.04. The van der Waals surface area contributed by atoms with E-state index in [9.17, 15) is 4.79 Å². The molecule has 2 N–H and O–H groups in total. The lowest BCUT2D eigenvalue weighted by molar-refractivity contribution is -0.138. The van der Waals surface area contributed by atoms with Crippen molar-refractivity contribution in [3.05, 3.63) is 71.8 Å². The minimum atomic E-state index is -0.435. The minimum absolute atomic E-state index is 0.222. The number of piperidine rings is 1. The molecule has 1 aliphatic rings. The highest BCUT2D eigenvalue weighted by molar-refractivity contribution is 5.88. The highest BCUT2D eigenvalue weighted by Crippen LogP contribution is 2.37. The number of nitrogens with zero attached hydrogens (tertiary/aromatic N) is 2. The summed E-state index contributed by atoms with van der Waals surface area (Å²) in [4.78, 5) is 17.8. The number of benzene rings is 2. The van der Waals surface area contributed by atoms with Crippen molar-refractivity contribution in [3.63, 3.8) is 0 Å². The van der Waals surface area contributed by atoms with E-state index in [1.807, 2.05) is 48.3 Å². The second kappa shape index (κ2) is 8.47. The van der Waals surface area contributed by atoms with Gasteiger partial charge in [-0.25, -0.2) is 0 Å². The molecule has 1 heterocycles. The Morgan fingerprint density at radius 3 is 2.19 bits per heavy atom. The summed E-state index contributed by atoms with van der Waals surface area (Å²) >= 11 is 0. The fourth-order valence-corrected chi connectivity index (χ4v) is 4.02. The Morgan fingerprint density at radius 2 is 1.62 bits per heavy atom. The zero-order valence-corrected chi connectivity index (χ0v) is 15.6. The Bertz CT molecular complexity index is 694. The predicted molar refractivity (Wildman–Crippen MR) is 106 cm³/mol. The van der Waals surface area contributed by atoms with Gasteiger partial charge in [-0.05, 0) is 37.1 Å². The van der Waals surface area contributed by atoms with Crippen LogP contribution in [-0.4, -0.2) is 48.9 Å². The minimum Gasteiger partial charge on any atom is -0.341 e. The molecule has 4 nitrogen and oxygen atoms in total. The van der Waals surface area contributed by atoms with Crippen LogP contribution in [0.2, 0.25) is 0 Å². The fraction of sp³-hybridized carbons (Fsp3) is 0.409. The van der Waals surface area contributed by atoms with E-state index in [2.05, 4.69) is 29.2 Å². The van der Waals surface area contributed by atoms with Crippen LogP contribution in [0.3, 0.4) is 0 Å². The van der Waals surface area contributed by atoms with Crippen molar-refractivity contribution in [1.82, 2.24) is 9.80 Å². The maximum absolute atomic E-state index is 13.6. The topological polar surface area (TPSA) is 49.6 Å². The van der Waals surface area contributed by atoms with Gasteiger partial charge in [-0.15, -0.1) is 0 Å². The summed E-state index contributed by atoms with van der Waals surface area (Å²) in [7, 11) is 1.92. The molecule has 1 saturated heterocycles. The van der Waals surface area contributed by atoms with Crippen LogP contribution in [0.5, 0.6) is 0 Å². The van der Waals surface area contributed by atoms with Gasteiger partial charge in [-0.2, -0.15) is 0 Å². The van der Waals surface area contributed by atoms with Gasteiger partial charge in [0.1, 0.15) is 0 Å². The standard InChI is InChI=1S/C22H29N3O/c1-24(18-19-8-4-2-5-9-19)21(26)22(20-10-6-3-7-11-20)12-15-25(16-13-22)17-14-23/h2-11H,12-18,23H2,1H3. The molecule has 0 aliphatic carbocycles. The highest BCUT2D eigenvalue weighted by Gasteiger charge is 2.44. The molecule has 1 fully saturated rings. The molecule has 3 rings (SSSR count). The maximum Gasteiger partial charge on any atom is 0.233 e. The molecule has 1 aliphatic heterocycles. The van der Waals surface area contributed by atoms with Crippen LogP contribution in [0.15, 0.2) is 60.7 Å². The summed E-state index contributed by atoms with van der Waals surface area (Å²) in [5.41, 5.74) is 7.58. The van der Waals surface area contributed by atoms with Crippen LogP contribution in [0.4, 0.5) is 0 Å². The molecule has 138 valence electrons. The molecule has 0 aromatic heterocycles. The van der Waals surface area contributed by atoms with Crippen molar-refractivity contribution < 1.29 is 4.79 Å². The molecule has 0 radical (unpaired) electrons. The van der Waals surface area contributed by atoms with E-state index in [-0.39, 0.29) is 5.91 Å². The van der Waals surface area contributed by atoms with Gasteiger partial charge in [0, 0.05) is 26.7 Å². The summed E-state index contributed by atoms with van der Waals surface area (Å²) < 4.78 is 0. The number of carbonyl (C=O) groups excluding carboxylic acids is 1. The van der Waals surface area contributed by atoms with E-state index in [1.165, 1.54) is 0 Å². The van der Waals surface area contributed by atoms with Crippen LogP contribution in [0, 0.1) is 0 Å². The Kier molecular flexibility index (Phi) is 6.07. The normalized spacial score (nSPS) is 17.0. The molecule has 0 unspecified atom stereocenters. The Balaban J connectivity index is 1.83. The van der Waals surface area contributed by atoms with Crippen molar-refractivity contribution in [2.24, 2.45) is 5.73 Å². The van der Waals surface area contributed by atoms with Gasteiger partial charge >= 0.3 is 0 Å². The molecule has 0 atom stereocenters. The zero-order valence-electron chi connectivity index (χ0n) is 15.6. The number of hydrogen-bond donors (Lipinski definition) is 1. The average molecular weight is 351 g/mol. The second-order valence-electron chi connectivity index (χ2n) is 7.23. The van der Waals surface area contributed by atoms with E-state index >= 15 is 0 Å². The number of carbonyl (C=O) groups is 1. The molecular formula is C22H29N3O. The maximum atomic E-state index is 13.6. The quantitative estimate of drug-likeness (QED) is 0.870. The molecule has 2 aromatic rings. The van der Waals surface area contributed by atoms with Crippen molar-refractivity contribution in [2.45, 2.75) is 24.8 Å². The summed E-state index contributed by atoms with van der Waals surface area (Å²) in [6.07, 6.45) is 1.68. The van der Waals surface area contributed by atoms with Crippen LogP contribution < -0.4 is 5.73 Å². The van der Waals surface area contributed by atoms with Crippen molar-refractivity contribution >= 4 is 5.91 Å². The molecule has 1 amide bonds. The van der Waals surface area contributed by atoms with Crippen LogP contribution >= 0.6 is 0 Å². The lowest BCUT2D eigenvalue weighted by Crippen LogP contribution is -2.52. The highest BCUT2D eigenvalue weighted by atomic mass is 16.2. The van der Waals surface area contributed by atoms with Crippen LogP contribution in [0.1, 0.15) is 24.0 Å². The molecule has 26 heavy (non-hydrogen) atoms. The first kappa shape index (κ1) is 18.6. The smallest absolute Gasteiger partial charge is 0.233 e. The first-order valence-corrected chi connectivity index (χ1v) is 9.43. The van der Waals surface area contributed by atoms with Gasteiger partial charge in [0.05, 0.1) is 5.41 Å². The lowest BCUT2D eigenvalue weighted by atomic mass is 9.71. The third kappa shape index (κ3) is 3.97. The molecule has 0 spiro atoms. The molecule has 2 aromatic carbocycles. The van der Waals surface area contributed by atoms with Crippen LogP contribution in [0.25, 0.3) is 0 Å². The number of rotatable bonds is 6. The fourth-order valence-electron chi connectivity index (χ4n) is 4.02. The van der Waals surface area contributed by atoms with Crippen molar-refractivity contribution in [3.8, 4) is 0 Å². The predicted octanol–water partition coefficient (Wildman–Crippen LogP) is 2.64. The van der Waals surface area contributed by atoms with Crippen molar-refractivity contribution in [2.75, 3.05) is 33.2 Å². The van der Waals surface area contributed by atoms with E-state index in [1.54, 1.807) is 0 Å². The van der Waals surface area contributed by atoms with Crippen molar-refractivity contribution in [1.29, 1.82) is 0 Å². The summed E-state index contributed by atoms with van der Waals surface area (Å²) in [5.74, 6) is 0.222. The monoisotopic (exact) mass is 351 g/mol. The number of amides is 1. The Hall–Kier alpha value is -2.17. The first-order valence-electron chi connectivity index (χ1n) is 9.43. The number of likely N-dealkylation sites (N-methyl/N-ethyl adjacent to an activating group) is 1. The van der Waals surface area contributed by atoms with Gasteiger partial charge < -0.3 is 15.5 Å². The van der Waals surface area contributed by atoms with Crippen LogP contribution in [-0.2, 0) is 16.8 Å². The largest absolute Gasteiger partial charge is 0.341 e. The van der Waals surface area contributed by atoms with E-state index in [4.69, 9.17) is 5.73 Å². The van der Waals surface area contributed by atoms with E-state index < -0.39 is 5.41 Å². The number of hydrogen-bond acceptors (Lipinski definition) is 3. The number of likely N-dealkylation sites (tertiary alicyclic amines) is 1. The van der Waals surface area contributed by atoms with Gasteiger partial charge in [-0.3, -0.25) is 4.79 Å². The Labute approximate surface area is 156 Å². The lowest BCUT2D eigenvalue weighted by Gasteiger charge is -2.43. The summed E-state index contributed by atoms with van der Waals surface area (Å²) in [5, 5.41) is 0. The molecule has 4 heteroatoms. The van der Waals surface area contributed by atoms with Gasteiger partial charge in [0.15, 0.2) is 0 Å². The third-order valence-electron chi connectivity index (χ3n) is 5.50. The Morgan fingerprint density at radius 1 is 1.04 bits per heavy atom. The summed E-state index contributed by atoms with van der Waals surface area (Å²) in [6, 6.07) is 20.5. The SMILES string of the molecule is CN(Cc1ccccc1)C(=O)C1(c2ccccc2)CCN(CCN)CC1. The number of nitrogens with two attached hydrogens (primary N) is 1. The van der Waals surface area contributed by atoms with Gasteiger partial charge in [-0.1, -0.05) is 60.7 Å². The zero-order chi connectivity index (χ0) is 18.4. The molecule has 0 saturated carbocycles.